The van der Waals surface area contributed by atoms with Crippen molar-refractivity contribution >= 4 is 22.8 Å². The van der Waals surface area contributed by atoms with E-state index in [-0.39, 0.29) is 23.3 Å². The second-order valence-electron chi connectivity index (χ2n) is 9.72. The summed E-state index contributed by atoms with van der Waals surface area (Å²) in [5.41, 5.74) is 5.68. The highest BCUT2D eigenvalue weighted by Crippen LogP contribution is 2.34. The molecule has 1 aromatic heterocycles. The van der Waals surface area contributed by atoms with Gasteiger partial charge < -0.3 is 25.3 Å². The van der Waals surface area contributed by atoms with Gasteiger partial charge in [0, 0.05) is 23.5 Å². The Balaban J connectivity index is 1.53. The molecule has 0 saturated heterocycles. The number of β-amino-alcohol motifs (C(OH)–C–C–N with tert-alkyl or cyclic N) is 1. The first-order valence-corrected chi connectivity index (χ1v) is 12.3. The summed E-state index contributed by atoms with van der Waals surface area (Å²) < 4.78 is 5.17. The quantitative estimate of drug-likeness (QED) is 0.205. The minimum absolute atomic E-state index is 0.0366. The van der Waals surface area contributed by atoms with E-state index < -0.39 is 30.0 Å². The summed E-state index contributed by atoms with van der Waals surface area (Å²) >= 11 is 0. The standard InChI is InChI=1S/C28H32N2O6/c1-4-16-10-18-13-28(3,14-19(18)11-17(16)5-2)29-15-22(31)20-6-8-23(36-26(35)12-25(33)34)27-21(20)7-9-24(32)30-27/h6-11,22,29,31H,4-5,12-15H2,1-3H3,(H,30,32)(H,33,34)/t22-/m0/s1. The number of aryl methyl sites for hydroxylation is 2. The minimum atomic E-state index is -1.31. The first-order valence-electron chi connectivity index (χ1n) is 12.3. The zero-order chi connectivity index (χ0) is 26.0. The number of benzene rings is 2. The van der Waals surface area contributed by atoms with Gasteiger partial charge >= 0.3 is 11.9 Å². The molecule has 3 aromatic rings. The van der Waals surface area contributed by atoms with Gasteiger partial charge in [-0.15, -0.1) is 0 Å². The lowest BCUT2D eigenvalue weighted by Crippen LogP contribution is -2.45. The molecule has 2 aromatic carbocycles. The normalized spacial score (nSPS) is 15.0. The number of aliphatic hydroxyl groups is 1. The Morgan fingerprint density at radius 3 is 2.31 bits per heavy atom. The molecule has 1 heterocycles. The van der Waals surface area contributed by atoms with Gasteiger partial charge in [-0.2, -0.15) is 0 Å². The summed E-state index contributed by atoms with van der Waals surface area (Å²) in [5, 5.41) is 24.0. The number of hydrogen-bond acceptors (Lipinski definition) is 6. The van der Waals surface area contributed by atoms with E-state index in [1.807, 2.05) is 0 Å². The summed E-state index contributed by atoms with van der Waals surface area (Å²) in [6.45, 7) is 6.81. The van der Waals surface area contributed by atoms with E-state index in [4.69, 9.17) is 9.84 Å². The SMILES string of the molecule is CCc1cc2c(cc1CC)CC(C)(NC[C@H](O)c1ccc(OC(=O)CC(=O)O)c3[nH]c(=O)ccc13)C2. The number of carbonyl (C=O) groups excluding carboxylic acids is 1. The van der Waals surface area contributed by atoms with Crippen LogP contribution in [-0.2, 0) is 35.3 Å². The van der Waals surface area contributed by atoms with E-state index in [1.54, 1.807) is 12.1 Å². The predicted octanol–water partition coefficient (Wildman–Crippen LogP) is 3.21. The van der Waals surface area contributed by atoms with Crippen molar-refractivity contribution in [3.63, 3.8) is 0 Å². The molecule has 190 valence electrons. The average Bonchev–Trinajstić information content (AvgIpc) is 3.16. The highest BCUT2D eigenvalue weighted by Gasteiger charge is 2.33. The van der Waals surface area contributed by atoms with Gasteiger partial charge in [0.15, 0.2) is 5.75 Å². The van der Waals surface area contributed by atoms with Crippen molar-refractivity contribution in [1.29, 1.82) is 0 Å². The topological polar surface area (TPSA) is 129 Å². The predicted molar refractivity (Wildman–Crippen MR) is 136 cm³/mol. The van der Waals surface area contributed by atoms with Crippen molar-refractivity contribution in [2.45, 2.75) is 64.5 Å². The Bertz CT molecular complexity index is 1340. The first-order chi connectivity index (χ1) is 17.1. The number of aliphatic hydroxyl groups excluding tert-OH is 1. The molecule has 1 aliphatic rings. The number of nitrogens with one attached hydrogen (secondary N) is 2. The van der Waals surface area contributed by atoms with E-state index in [2.05, 4.69) is 43.2 Å². The molecule has 36 heavy (non-hydrogen) atoms. The van der Waals surface area contributed by atoms with Crippen molar-refractivity contribution in [3.8, 4) is 5.75 Å². The van der Waals surface area contributed by atoms with Crippen LogP contribution in [0.1, 0.15) is 61.1 Å². The second-order valence-corrected chi connectivity index (χ2v) is 9.72. The molecule has 0 saturated carbocycles. The van der Waals surface area contributed by atoms with Crippen LogP contribution in [0.15, 0.2) is 41.2 Å². The fraction of sp³-hybridized carbons (Fsp3) is 0.393. The summed E-state index contributed by atoms with van der Waals surface area (Å²) in [6.07, 6.45) is 2.08. The Hall–Kier alpha value is -3.49. The van der Waals surface area contributed by atoms with Crippen LogP contribution in [0.2, 0.25) is 0 Å². The molecule has 8 nitrogen and oxygen atoms in total. The summed E-state index contributed by atoms with van der Waals surface area (Å²) in [5.74, 6) is -2.22. The fourth-order valence-electron chi connectivity index (χ4n) is 5.17. The van der Waals surface area contributed by atoms with Crippen LogP contribution in [0, 0.1) is 0 Å². The minimum Gasteiger partial charge on any atom is -0.481 e. The van der Waals surface area contributed by atoms with E-state index in [1.165, 1.54) is 34.4 Å². The lowest BCUT2D eigenvalue weighted by atomic mass is 9.97. The summed E-state index contributed by atoms with van der Waals surface area (Å²) in [7, 11) is 0. The van der Waals surface area contributed by atoms with Crippen LogP contribution in [0.4, 0.5) is 0 Å². The third-order valence-corrected chi connectivity index (χ3v) is 6.94. The van der Waals surface area contributed by atoms with Crippen LogP contribution in [0.25, 0.3) is 10.9 Å². The number of ether oxygens (including phenoxy) is 1. The third kappa shape index (κ3) is 5.34. The molecular weight excluding hydrogens is 460 g/mol. The number of aromatic nitrogens is 1. The lowest BCUT2D eigenvalue weighted by molar-refractivity contribution is -0.145. The monoisotopic (exact) mass is 492 g/mol. The molecule has 0 spiro atoms. The molecule has 0 amide bonds. The number of fused-ring (bicyclic) bond motifs is 2. The van der Waals surface area contributed by atoms with Gasteiger partial charge in [0.05, 0.1) is 11.6 Å². The molecular formula is C28H32N2O6. The van der Waals surface area contributed by atoms with Gasteiger partial charge in [-0.1, -0.05) is 32.0 Å². The van der Waals surface area contributed by atoms with E-state index in [0.29, 0.717) is 10.9 Å². The van der Waals surface area contributed by atoms with E-state index in [0.717, 1.165) is 25.7 Å². The van der Waals surface area contributed by atoms with Gasteiger partial charge in [0.2, 0.25) is 5.56 Å². The van der Waals surface area contributed by atoms with Crippen LogP contribution in [0.3, 0.4) is 0 Å². The van der Waals surface area contributed by atoms with Crippen molar-refractivity contribution in [3.05, 3.63) is 74.6 Å². The van der Waals surface area contributed by atoms with Crippen molar-refractivity contribution in [1.82, 2.24) is 10.3 Å². The summed E-state index contributed by atoms with van der Waals surface area (Å²) in [6, 6.07) is 10.6. The summed E-state index contributed by atoms with van der Waals surface area (Å²) in [4.78, 5) is 37.3. The number of pyridine rings is 1. The second kappa shape index (κ2) is 10.2. The Morgan fingerprint density at radius 2 is 1.72 bits per heavy atom. The van der Waals surface area contributed by atoms with Gasteiger partial charge in [-0.3, -0.25) is 14.4 Å². The van der Waals surface area contributed by atoms with Crippen LogP contribution in [0.5, 0.6) is 5.75 Å². The highest BCUT2D eigenvalue weighted by atomic mass is 16.5. The Morgan fingerprint density at radius 1 is 1.08 bits per heavy atom. The number of carboxylic acids is 1. The van der Waals surface area contributed by atoms with Crippen molar-refractivity contribution in [2.75, 3.05) is 6.54 Å². The molecule has 1 aliphatic carbocycles. The van der Waals surface area contributed by atoms with E-state index in [9.17, 15) is 19.5 Å². The van der Waals surface area contributed by atoms with Crippen LogP contribution >= 0.6 is 0 Å². The molecule has 4 N–H and O–H groups in total. The van der Waals surface area contributed by atoms with Crippen LogP contribution < -0.4 is 15.6 Å². The maximum absolute atomic E-state index is 12.0. The molecule has 0 fully saturated rings. The number of esters is 1. The number of carbonyl (C=O) groups is 2. The van der Waals surface area contributed by atoms with Crippen LogP contribution in [-0.4, -0.2) is 39.2 Å². The molecule has 4 rings (SSSR count). The van der Waals surface area contributed by atoms with Gasteiger partial charge in [-0.05, 0) is 72.6 Å². The fourth-order valence-corrected chi connectivity index (χ4v) is 5.17. The van der Waals surface area contributed by atoms with Crippen molar-refractivity contribution < 1.29 is 24.5 Å². The van der Waals surface area contributed by atoms with Gasteiger partial charge in [0.1, 0.15) is 6.42 Å². The zero-order valence-corrected chi connectivity index (χ0v) is 20.8. The van der Waals surface area contributed by atoms with Gasteiger partial charge in [-0.25, -0.2) is 0 Å². The molecule has 0 radical (unpaired) electrons. The molecule has 1 atom stereocenters. The molecule has 0 bridgehead atoms. The zero-order valence-electron chi connectivity index (χ0n) is 20.8. The number of rotatable bonds is 9. The Kier molecular flexibility index (Phi) is 7.28. The van der Waals surface area contributed by atoms with Crippen molar-refractivity contribution in [2.24, 2.45) is 0 Å². The number of aromatic amines is 1. The maximum atomic E-state index is 12.0. The number of H-pyrrole nitrogens is 1. The number of carboxylic acid groups (broad SMARTS) is 1. The number of aliphatic carboxylic acids is 1. The number of hydrogen-bond donors (Lipinski definition) is 4. The van der Waals surface area contributed by atoms with Gasteiger partial charge in [0.25, 0.3) is 0 Å². The highest BCUT2D eigenvalue weighted by molar-refractivity contribution is 5.94. The Labute approximate surface area is 209 Å². The first kappa shape index (κ1) is 25.6. The molecule has 0 aliphatic heterocycles. The average molecular weight is 493 g/mol. The lowest BCUT2D eigenvalue weighted by Gasteiger charge is -2.27. The largest absolute Gasteiger partial charge is 0.481 e. The molecule has 0 unspecified atom stereocenters. The van der Waals surface area contributed by atoms with E-state index >= 15 is 0 Å². The molecule has 8 heteroatoms. The maximum Gasteiger partial charge on any atom is 0.322 e. The third-order valence-electron chi connectivity index (χ3n) is 6.94. The smallest absolute Gasteiger partial charge is 0.322 e.